The number of likely N-dealkylation sites (N-methyl/N-ethyl adjacent to an activating group) is 1. The average molecular weight is 288 g/mol. The molecule has 0 rings (SSSR count). The largest absolute Gasteiger partial charge is 0.481 e. The lowest BCUT2D eigenvalue weighted by Gasteiger charge is -2.26. The van der Waals surface area contributed by atoms with Gasteiger partial charge < -0.3 is 20.1 Å². The SMILES string of the molecule is COCC(C)N(C)C(=O)NC[C@H](CC(=O)O)CC(C)C. The van der Waals surface area contributed by atoms with E-state index < -0.39 is 5.97 Å². The monoisotopic (exact) mass is 288 g/mol. The lowest BCUT2D eigenvalue weighted by atomic mass is 9.94. The molecule has 2 atom stereocenters. The number of hydrogen-bond acceptors (Lipinski definition) is 3. The highest BCUT2D eigenvalue weighted by molar-refractivity contribution is 5.74. The molecule has 2 amide bonds. The molecule has 6 heteroatoms. The molecule has 0 heterocycles. The molecule has 0 radical (unpaired) electrons. The Bertz CT molecular complexity index is 308. The smallest absolute Gasteiger partial charge is 0.317 e. The van der Waals surface area contributed by atoms with Crippen LogP contribution in [0.4, 0.5) is 4.79 Å². The Balaban J connectivity index is 4.31. The second-order valence-electron chi connectivity index (χ2n) is 5.69. The first kappa shape index (κ1) is 18.7. The van der Waals surface area contributed by atoms with Crippen LogP contribution in [0.2, 0.25) is 0 Å². The Kier molecular flexibility index (Phi) is 8.96. The topological polar surface area (TPSA) is 78.9 Å². The number of nitrogens with zero attached hydrogens (tertiary/aromatic N) is 1. The predicted molar refractivity (Wildman–Crippen MR) is 77.7 cm³/mol. The normalized spacial score (nSPS) is 13.9. The van der Waals surface area contributed by atoms with E-state index in [2.05, 4.69) is 5.32 Å². The number of hydrogen-bond donors (Lipinski definition) is 2. The van der Waals surface area contributed by atoms with E-state index in [0.717, 1.165) is 6.42 Å². The van der Waals surface area contributed by atoms with Crippen molar-refractivity contribution in [1.29, 1.82) is 0 Å². The van der Waals surface area contributed by atoms with Gasteiger partial charge in [0.25, 0.3) is 0 Å². The maximum atomic E-state index is 11.9. The molecule has 0 aromatic rings. The van der Waals surface area contributed by atoms with E-state index in [4.69, 9.17) is 9.84 Å². The molecule has 0 aliphatic heterocycles. The summed E-state index contributed by atoms with van der Waals surface area (Å²) < 4.78 is 5.01. The van der Waals surface area contributed by atoms with Crippen LogP contribution in [-0.4, -0.2) is 55.4 Å². The molecule has 118 valence electrons. The molecule has 0 aromatic heterocycles. The van der Waals surface area contributed by atoms with Crippen molar-refractivity contribution in [2.45, 2.75) is 39.7 Å². The fourth-order valence-corrected chi connectivity index (χ4v) is 2.06. The van der Waals surface area contributed by atoms with E-state index in [-0.39, 0.29) is 24.4 Å². The zero-order valence-corrected chi connectivity index (χ0v) is 13.2. The highest BCUT2D eigenvalue weighted by Gasteiger charge is 2.19. The van der Waals surface area contributed by atoms with Crippen LogP contribution in [0, 0.1) is 11.8 Å². The van der Waals surface area contributed by atoms with E-state index in [9.17, 15) is 9.59 Å². The minimum absolute atomic E-state index is 0.0250. The molecule has 0 aliphatic rings. The minimum Gasteiger partial charge on any atom is -0.481 e. The van der Waals surface area contributed by atoms with Crippen LogP contribution in [0.1, 0.15) is 33.6 Å². The van der Waals surface area contributed by atoms with Gasteiger partial charge in [0.15, 0.2) is 0 Å². The molecule has 2 N–H and O–H groups in total. The second-order valence-corrected chi connectivity index (χ2v) is 5.69. The van der Waals surface area contributed by atoms with Gasteiger partial charge in [0, 0.05) is 27.1 Å². The van der Waals surface area contributed by atoms with E-state index in [0.29, 0.717) is 19.1 Å². The third-order valence-corrected chi connectivity index (χ3v) is 3.20. The van der Waals surface area contributed by atoms with E-state index >= 15 is 0 Å². The first-order chi connectivity index (χ1) is 9.27. The summed E-state index contributed by atoms with van der Waals surface area (Å²) in [6.45, 7) is 6.83. The number of rotatable bonds is 9. The first-order valence-electron chi connectivity index (χ1n) is 6.99. The summed E-state index contributed by atoms with van der Waals surface area (Å²) in [5, 5.41) is 11.7. The number of ether oxygens (including phenoxy) is 1. The van der Waals surface area contributed by atoms with Gasteiger partial charge in [0.05, 0.1) is 12.6 Å². The van der Waals surface area contributed by atoms with Crippen LogP contribution in [0.5, 0.6) is 0 Å². The second kappa shape index (κ2) is 9.58. The average Bonchev–Trinajstić information content (AvgIpc) is 2.33. The van der Waals surface area contributed by atoms with E-state index in [1.54, 1.807) is 19.1 Å². The number of aliphatic carboxylic acids is 1. The fourth-order valence-electron chi connectivity index (χ4n) is 2.06. The molecule has 0 aliphatic carbocycles. The summed E-state index contributed by atoms with van der Waals surface area (Å²) in [7, 11) is 3.29. The van der Waals surface area contributed by atoms with Crippen molar-refractivity contribution in [3.63, 3.8) is 0 Å². The quantitative estimate of drug-likeness (QED) is 0.678. The van der Waals surface area contributed by atoms with Crippen molar-refractivity contribution in [3.05, 3.63) is 0 Å². The van der Waals surface area contributed by atoms with Gasteiger partial charge in [-0.05, 0) is 25.2 Å². The Morgan fingerprint density at radius 3 is 2.35 bits per heavy atom. The van der Waals surface area contributed by atoms with Crippen molar-refractivity contribution < 1.29 is 19.4 Å². The van der Waals surface area contributed by atoms with Crippen molar-refractivity contribution in [2.24, 2.45) is 11.8 Å². The summed E-state index contributed by atoms with van der Waals surface area (Å²) in [6, 6.07) is -0.225. The number of carboxylic acids is 1. The Morgan fingerprint density at radius 1 is 1.30 bits per heavy atom. The van der Waals surface area contributed by atoms with Crippen molar-refractivity contribution >= 4 is 12.0 Å². The molecule has 1 unspecified atom stereocenters. The summed E-state index contributed by atoms with van der Waals surface area (Å²) in [4.78, 5) is 24.3. The number of carbonyl (C=O) groups excluding carboxylic acids is 1. The predicted octanol–water partition coefficient (Wildman–Crippen LogP) is 1.80. The lowest BCUT2D eigenvalue weighted by Crippen LogP contribution is -2.45. The number of amides is 2. The van der Waals surface area contributed by atoms with Gasteiger partial charge in [-0.1, -0.05) is 13.8 Å². The lowest BCUT2D eigenvalue weighted by molar-refractivity contribution is -0.138. The van der Waals surface area contributed by atoms with Gasteiger partial charge >= 0.3 is 12.0 Å². The molecular weight excluding hydrogens is 260 g/mol. The maximum absolute atomic E-state index is 11.9. The molecule has 0 saturated carbocycles. The van der Waals surface area contributed by atoms with Crippen molar-refractivity contribution in [2.75, 3.05) is 27.3 Å². The summed E-state index contributed by atoms with van der Waals surface area (Å²) in [5.74, 6) is -0.463. The summed E-state index contributed by atoms with van der Waals surface area (Å²) in [5.41, 5.74) is 0. The number of carbonyl (C=O) groups is 2. The van der Waals surface area contributed by atoms with Gasteiger partial charge in [-0.25, -0.2) is 4.79 Å². The van der Waals surface area contributed by atoms with Crippen LogP contribution >= 0.6 is 0 Å². The zero-order chi connectivity index (χ0) is 15.7. The molecular formula is C14H28N2O4. The van der Waals surface area contributed by atoms with Gasteiger partial charge in [-0.15, -0.1) is 0 Å². The number of carboxylic acid groups (broad SMARTS) is 1. The van der Waals surface area contributed by atoms with E-state index in [1.807, 2.05) is 20.8 Å². The zero-order valence-electron chi connectivity index (χ0n) is 13.2. The van der Waals surface area contributed by atoms with Crippen LogP contribution in [0.15, 0.2) is 0 Å². The van der Waals surface area contributed by atoms with Crippen molar-refractivity contribution in [3.8, 4) is 0 Å². The molecule has 0 bridgehead atoms. The highest BCUT2D eigenvalue weighted by Crippen LogP contribution is 2.14. The molecule has 0 saturated heterocycles. The third-order valence-electron chi connectivity index (χ3n) is 3.20. The summed E-state index contributed by atoms with van der Waals surface area (Å²) in [6.07, 6.45) is 0.861. The Labute approximate surface area is 121 Å². The molecule has 20 heavy (non-hydrogen) atoms. The van der Waals surface area contributed by atoms with Gasteiger partial charge in [0.2, 0.25) is 0 Å². The standard InChI is InChI=1S/C14H28N2O4/c1-10(2)6-12(7-13(17)18)8-15-14(19)16(4)11(3)9-20-5/h10-12H,6-9H2,1-5H3,(H,15,19)(H,17,18)/t11?,12-/m0/s1. The molecule has 0 spiro atoms. The van der Waals surface area contributed by atoms with Crippen LogP contribution in [0.25, 0.3) is 0 Å². The van der Waals surface area contributed by atoms with Crippen LogP contribution < -0.4 is 5.32 Å². The third kappa shape index (κ3) is 7.99. The Morgan fingerprint density at radius 2 is 1.90 bits per heavy atom. The van der Waals surface area contributed by atoms with Crippen LogP contribution in [0.3, 0.4) is 0 Å². The number of nitrogens with one attached hydrogen (secondary N) is 1. The Hall–Kier alpha value is -1.30. The fraction of sp³-hybridized carbons (Fsp3) is 0.857. The van der Waals surface area contributed by atoms with E-state index in [1.165, 1.54) is 0 Å². The molecule has 0 aromatic carbocycles. The van der Waals surface area contributed by atoms with Gasteiger partial charge in [0.1, 0.15) is 0 Å². The van der Waals surface area contributed by atoms with Crippen molar-refractivity contribution in [1.82, 2.24) is 10.2 Å². The maximum Gasteiger partial charge on any atom is 0.317 e. The molecule has 0 fully saturated rings. The number of methoxy groups -OCH3 is 1. The van der Waals surface area contributed by atoms with Crippen LogP contribution in [-0.2, 0) is 9.53 Å². The highest BCUT2D eigenvalue weighted by atomic mass is 16.5. The summed E-state index contributed by atoms with van der Waals surface area (Å²) >= 11 is 0. The van der Waals surface area contributed by atoms with Gasteiger partial charge in [-0.2, -0.15) is 0 Å². The first-order valence-corrected chi connectivity index (χ1v) is 6.99. The van der Waals surface area contributed by atoms with Gasteiger partial charge in [-0.3, -0.25) is 4.79 Å². The minimum atomic E-state index is -0.828. The number of urea groups is 1. The molecule has 6 nitrogen and oxygen atoms in total.